The summed E-state index contributed by atoms with van der Waals surface area (Å²) in [5.41, 5.74) is -0.182. The lowest BCUT2D eigenvalue weighted by Gasteiger charge is -2.10. The SMILES string of the molecule is CC1(C)C(C(=O)O)C1C(=O)Nc1ccc(Br)c(Cl)c1Cl. The predicted molar refractivity (Wildman–Crippen MR) is 81.2 cm³/mol. The predicted octanol–water partition coefficient (Wildman–Crippen LogP) is 4.05. The molecule has 4 nitrogen and oxygen atoms in total. The van der Waals surface area contributed by atoms with Gasteiger partial charge in [-0.2, -0.15) is 0 Å². The monoisotopic (exact) mass is 379 g/mol. The van der Waals surface area contributed by atoms with Crippen LogP contribution in [0.5, 0.6) is 0 Å². The average molecular weight is 381 g/mol. The van der Waals surface area contributed by atoms with E-state index in [1.165, 1.54) is 0 Å². The maximum absolute atomic E-state index is 12.2. The highest BCUT2D eigenvalue weighted by molar-refractivity contribution is 9.10. The van der Waals surface area contributed by atoms with Gasteiger partial charge in [0.15, 0.2) is 0 Å². The van der Waals surface area contributed by atoms with Crippen LogP contribution in [0.1, 0.15) is 13.8 Å². The van der Waals surface area contributed by atoms with E-state index >= 15 is 0 Å². The molecule has 1 aromatic carbocycles. The van der Waals surface area contributed by atoms with Crippen molar-refractivity contribution in [2.45, 2.75) is 13.8 Å². The Morgan fingerprint density at radius 1 is 1.25 bits per heavy atom. The number of hydrogen-bond acceptors (Lipinski definition) is 2. The molecule has 0 aromatic heterocycles. The summed E-state index contributed by atoms with van der Waals surface area (Å²) < 4.78 is 0.623. The molecule has 1 aromatic rings. The Kier molecular flexibility index (Phi) is 4.06. The molecule has 1 aliphatic rings. The van der Waals surface area contributed by atoms with E-state index in [2.05, 4.69) is 21.2 Å². The number of carbonyl (C=O) groups excluding carboxylic acids is 1. The lowest BCUT2D eigenvalue weighted by Crippen LogP contribution is -2.18. The zero-order valence-corrected chi connectivity index (χ0v) is 13.8. The summed E-state index contributed by atoms with van der Waals surface area (Å²) in [5.74, 6) is -2.57. The lowest BCUT2D eigenvalue weighted by atomic mass is 10.1. The summed E-state index contributed by atoms with van der Waals surface area (Å²) in [6, 6.07) is 3.28. The summed E-state index contributed by atoms with van der Waals surface area (Å²) in [4.78, 5) is 23.2. The number of rotatable bonds is 3. The van der Waals surface area contributed by atoms with E-state index in [0.717, 1.165) is 0 Å². The van der Waals surface area contributed by atoms with Crippen molar-refractivity contribution in [2.24, 2.45) is 17.3 Å². The fourth-order valence-corrected chi connectivity index (χ4v) is 3.24. The van der Waals surface area contributed by atoms with Crippen LogP contribution in [0.15, 0.2) is 16.6 Å². The highest BCUT2D eigenvalue weighted by atomic mass is 79.9. The number of aliphatic carboxylic acids is 1. The molecule has 20 heavy (non-hydrogen) atoms. The molecule has 0 bridgehead atoms. The molecule has 0 saturated heterocycles. The fourth-order valence-electron chi connectivity index (χ4n) is 2.42. The normalized spacial score (nSPS) is 23.2. The minimum atomic E-state index is -0.963. The van der Waals surface area contributed by atoms with Crippen LogP contribution in [-0.4, -0.2) is 17.0 Å². The third kappa shape index (κ3) is 2.54. The molecule has 1 fully saturated rings. The maximum atomic E-state index is 12.2. The van der Waals surface area contributed by atoms with Gasteiger partial charge >= 0.3 is 5.97 Å². The Hall–Kier alpha value is -0.780. The Labute approximate surface area is 134 Å². The number of nitrogens with one attached hydrogen (secondary N) is 1. The van der Waals surface area contributed by atoms with E-state index in [1.807, 2.05) is 0 Å². The van der Waals surface area contributed by atoms with Gasteiger partial charge in [-0.1, -0.05) is 37.0 Å². The van der Waals surface area contributed by atoms with E-state index in [1.54, 1.807) is 26.0 Å². The van der Waals surface area contributed by atoms with Gasteiger partial charge in [0, 0.05) is 4.47 Å². The summed E-state index contributed by atoms with van der Waals surface area (Å²) in [6.07, 6.45) is 0. The molecule has 0 spiro atoms. The van der Waals surface area contributed by atoms with Crippen molar-refractivity contribution in [3.8, 4) is 0 Å². The number of anilines is 1. The van der Waals surface area contributed by atoms with Crippen molar-refractivity contribution in [2.75, 3.05) is 5.32 Å². The van der Waals surface area contributed by atoms with Crippen LogP contribution in [0, 0.1) is 17.3 Å². The molecule has 0 heterocycles. The van der Waals surface area contributed by atoms with Gasteiger partial charge in [0.05, 0.1) is 27.6 Å². The van der Waals surface area contributed by atoms with Gasteiger partial charge in [-0.25, -0.2) is 0 Å². The molecule has 1 saturated carbocycles. The molecule has 0 radical (unpaired) electrons. The van der Waals surface area contributed by atoms with Crippen molar-refractivity contribution < 1.29 is 14.7 Å². The molecule has 2 atom stereocenters. The third-order valence-corrected chi connectivity index (χ3v) is 5.44. The van der Waals surface area contributed by atoms with Crippen LogP contribution in [0.4, 0.5) is 5.69 Å². The van der Waals surface area contributed by atoms with Crippen molar-refractivity contribution >= 4 is 56.7 Å². The Morgan fingerprint density at radius 2 is 1.85 bits per heavy atom. The molecule has 2 rings (SSSR count). The van der Waals surface area contributed by atoms with Crippen molar-refractivity contribution in [3.63, 3.8) is 0 Å². The van der Waals surface area contributed by atoms with E-state index in [0.29, 0.717) is 15.2 Å². The molecular weight excluding hydrogens is 369 g/mol. The van der Waals surface area contributed by atoms with Crippen LogP contribution >= 0.6 is 39.1 Å². The average Bonchev–Trinajstić information content (AvgIpc) is 2.93. The zero-order valence-electron chi connectivity index (χ0n) is 10.7. The summed E-state index contributed by atoms with van der Waals surface area (Å²) in [7, 11) is 0. The van der Waals surface area contributed by atoms with E-state index < -0.39 is 23.2 Å². The van der Waals surface area contributed by atoms with E-state index in [-0.39, 0.29) is 10.9 Å². The van der Waals surface area contributed by atoms with Crippen molar-refractivity contribution in [1.82, 2.24) is 0 Å². The smallest absolute Gasteiger partial charge is 0.307 e. The standard InChI is InChI=1S/C13H12BrCl2NO3/c1-13(2)7(8(13)12(19)20)11(18)17-6-4-3-5(14)9(15)10(6)16/h3-4,7-8H,1-2H3,(H,17,18)(H,19,20). The first-order chi connectivity index (χ1) is 9.17. The van der Waals surface area contributed by atoms with Crippen molar-refractivity contribution in [1.29, 1.82) is 0 Å². The molecule has 2 unspecified atom stereocenters. The zero-order chi connectivity index (χ0) is 15.2. The minimum Gasteiger partial charge on any atom is -0.481 e. The van der Waals surface area contributed by atoms with E-state index in [4.69, 9.17) is 28.3 Å². The number of benzene rings is 1. The Morgan fingerprint density at radius 3 is 2.35 bits per heavy atom. The van der Waals surface area contributed by atoms with Crippen LogP contribution in [0.2, 0.25) is 10.0 Å². The molecule has 108 valence electrons. The summed E-state index contributed by atoms with van der Waals surface area (Å²) in [6.45, 7) is 3.51. The molecular formula is C13H12BrCl2NO3. The number of carbonyl (C=O) groups is 2. The van der Waals surface area contributed by atoms with Crippen LogP contribution in [0.3, 0.4) is 0 Å². The quantitative estimate of drug-likeness (QED) is 0.777. The largest absolute Gasteiger partial charge is 0.481 e. The Bertz CT molecular complexity index is 604. The number of carboxylic acids is 1. The maximum Gasteiger partial charge on any atom is 0.307 e. The molecule has 1 amide bonds. The van der Waals surface area contributed by atoms with Crippen LogP contribution in [0.25, 0.3) is 0 Å². The summed E-state index contributed by atoms with van der Waals surface area (Å²) in [5, 5.41) is 12.2. The summed E-state index contributed by atoms with van der Waals surface area (Å²) >= 11 is 15.2. The first-order valence-corrected chi connectivity index (χ1v) is 7.40. The number of halogens is 3. The molecule has 7 heteroatoms. The second-order valence-electron chi connectivity index (χ2n) is 5.33. The lowest BCUT2D eigenvalue weighted by molar-refractivity contribution is -0.140. The van der Waals surface area contributed by atoms with Gasteiger partial charge < -0.3 is 10.4 Å². The van der Waals surface area contributed by atoms with Crippen molar-refractivity contribution in [3.05, 3.63) is 26.7 Å². The number of amides is 1. The molecule has 0 aliphatic heterocycles. The van der Waals surface area contributed by atoms with Crippen LogP contribution < -0.4 is 5.32 Å². The van der Waals surface area contributed by atoms with Crippen LogP contribution in [-0.2, 0) is 9.59 Å². The highest BCUT2D eigenvalue weighted by Gasteiger charge is 2.65. The van der Waals surface area contributed by atoms with Gasteiger partial charge in [-0.05, 0) is 33.5 Å². The van der Waals surface area contributed by atoms with E-state index in [9.17, 15) is 9.59 Å². The van der Waals surface area contributed by atoms with Gasteiger partial charge in [0.1, 0.15) is 0 Å². The topological polar surface area (TPSA) is 66.4 Å². The van der Waals surface area contributed by atoms with Gasteiger partial charge in [0.25, 0.3) is 0 Å². The van der Waals surface area contributed by atoms with Gasteiger partial charge in [-0.15, -0.1) is 0 Å². The number of carboxylic acid groups (broad SMARTS) is 1. The Balaban J connectivity index is 2.18. The molecule has 2 N–H and O–H groups in total. The first kappa shape index (κ1) is 15.6. The molecule has 1 aliphatic carbocycles. The van der Waals surface area contributed by atoms with Gasteiger partial charge in [0.2, 0.25) is 5.91 Å². The third-order valence-electron chi connectivity index (χ3n) is 3.67. The first-order valence-electron chi connectivity index (χ1n) is 5.85. The van der Waals surface area contributed by atoms with Gasteiger partial charge in [-0.3, -0.25) is 9.59 Å². The fraction of sp³-hybridized carbons (Fsp3) is 0.385. The minimum absolute atomic E-state index is 0.222. The number of hydrogen-bond donors (Lipinski definition) is 2. The second kappa shape index (κ2) is 5.20. The highest BCUT2D eigenvalue weighted by Crippen LogP contribution is 2.58. The second-order valence-corrected chi connectivity index (χ2v) is 6.94.